The van der Waals surface area contributed by atoms with Crippen LogP contribution >= 0.6 is 27.3 Å². The lowest BCUT2D eigenvalue weighted by Gasteiger charge is -1.94. The van der Waals surface area contributed by atoms with Crippen LogP contribution in [0.5, 0.6) is 0 Å². The van der Waals surface area contributed by atoms with Crippen molar-refractivity contribution in [2.75, 3.05) is 6.54 Å². The summed E-state index contributed by atoms with van der Waals surface area (Å²) in [5.74, 6) is 0. The molecule has 1 heterocycles. The van der Waals surface area contributed by atoms with Gasteiger partial charge in [-0.25, -0.2) is 0 Å². The SMILES string of the molecule is C=NCC(=C)c1ccc(Br)s1. The first-order valence-corrected chi connectivity index (χ1v) is 4.71. The second kappa shape index (κ2) is 3.83. The van der Waals surface area contributed by atoms with Gasteiger partial charge in [0.2, 0.25) is 0 Å². The molecule has 0 unspecified atom stereocenters. The molecule has 11 heavy (non-hydrogen) atoms. The van der Waals surface area contributed by atoms with Crippen LogP contribution in [-0.2, 0) is 0 Å². The number of hydrogen-bond donors (Lipinski definition) is 0. The zero-order chi connectivity index (χ0) is 8.27. The van der Waals surface area contributed by atoms with Crippen molar-refractivity contribution in [1.82, 2.24) is 0 Å². The summed E-state index contributed by atoms with van der Waals surface area (Å²) in [6, 6.07) is 4.04. The third-order valence-electron chi connectivity index (χ3n) is 1.22. The monoisotopic (exact) mass is 229 g/mol. The van der Waals surface area contributed by atoms with Crippen molar-refractivity contribution in [3.05, 3.63) is 27.4 Å². The van der Waals surface area contributed by atoms with E-state index in [2.05, 4.69) is 34.2 Å². The van der Waals surface area contributed by atoms with Crippen LogP contribution in [-0.4, -0.2) is 13.3 Å². The lowest BCUT2D eigenvalue weighted by atomic mass is 10.2. The Hall–Kier alpha value is -0.410. The topological polar surface area (TPSA) is 12.4 Å². The average Bonchev–Trinajstić information content (AvgIpc) is 2.36. The molecule has 0 bridgehead atoms. The van der Waals surface area contributed by atoms with Crippen molar-refractivity contribution in [2.45, 2.75) is 0 Å². The maximum atomic E-state index is 3.88. The van der Waals surface area contributed by atoms with E-state index in [0.29, 0.717) is 6.54 Å². The van der Waals surface area contributed by atoms with Gasteiger partial charge < -0.3 is 0 Å². The van der Waals surface area contributed by atoms with E-state index in [4.69, 9.17) is 0 Å². The molecule has 0 N–H and O–H groups in total. The highest BCUT2D eigenvalue weighted by Gasteiger charge is 1.99. The zero-order valence-corrected chi connectivity index (χ0v) is 8.41. The van der Waals surface area contributed by atoms with Crippen molar-refractivity contribution in [1.29, 1.82) is 0 Å². The van der Waals surface area contributed by atoms with Gasteiger partial charge in [-0.2, -0.15) is 0 Å². The van der Waals surface area contributed by atoms with Crippen LogP contribution < -0.4 is 0 Å². The van der Waals surface area contributed by atoms with Crippen LogP contribution in [0.2, 0.25) is 0 Å². The predicted molar refractivity (Wildman–Crippen MR) is 55.5 cm³/mol. The van der Waals surface area contributed by atoms with Gasteiger partial charge in [-0.1, -0.05) is 6.58 Å². The van der Waals surface area contributed by atoms with E-state index >= 15 is 0 Å². The predicted octanol–water partition coefficient (Wildman–Crippen LogP) is 3.22. The Bertz CT molecular complexity index is 277. The molecular weight excluding hydrogens is 222 g/mol. The van der Waals surface area contributed by atoms with Gasteiger partial charge >= 0.3 is 0 Å². The summed E-state index contributed by atoms with van der Waals surface area (Å²) in [5, 5.41) is 0. The second-order valence-corrected chi connectivity index (χ2v) is 4.55. The van der Waals surface area contributed by atoms with Crippen LogP contribution in [0, 0.1) is 0 Å². The molecule has 0 spiro atoms. The summed E-state index contributed by atoms with van der Waals surface area (Å²) in [4.78, 5) is 4.93. The standard InChI is InChI=1S/C8H8BrNS/c1-6(5-10-2)7-3-4-8(9)11-7/h3-4H,1-2,5H2. The Morgan fingerprint density at radius 3 is 2.82 bits per heavy atom. The first-order chi connectivity index (χ1) is 5.24. The van der Waals surface area contributed by atoms with E-state index < -0.39 is 0 Å². The van der Waals surface area contributed by atoms with Crippen LogP contribution in [0.4, 0.5) is 0 Å². The number of thiophene rings is 1. The molecule has 1 rings (SSSR count). The molecule has 1 aromatic rings. The van der Waals surface area contributed by atoms with Gasteiger partial charge in [-0.05, 0) is 40.4 Å². The summed E-state index contributed by atoms with van der Waals surface area (Å²) < 4.78 is 1.12. The fourth-order valence-corrected chi connectivity index (χ4v) is 2.06. The van der Waals surface area contributed by atoms with Gasteiger partial charge in [0.05, 0.1) is 10.3 Å². The molecule has 0 aliphatic heterocycles. The Balaban J connectivity index is 2.76. The Morgan fingerprint density at radius 1 is 1.64 bits per heavy atom. The minimum Gasteiger partial charge on any atom is -0.296 e. The Morgan fingerprint density at radius 2 is 2.36 bits per heavy atom. The zero-order valence-electron chi connectivity index (χ0n) is 6.01. The lowest BCUT2D eigenvalue weighted by molar-refractivity contribution is 1.30. The minimum absolute atomic E-state index is 0.618. The molecule has 0 aromatic carbocycles. The molecule has 0 fully saturated rings. The van der Waals surface area contributed by atoms with Crippen LogP contribution in [0.1, 0.15) is 4.88 Å². The van der Waals surface area contributed by atoms with Crippen LogP contribution in [0.25, 0.3) is 5.57 Å². The summed E-state index contributed by atoms with van der Waals surface area (Å²) in [6.07, 6.45) is 0. The lowest BCUT2D eigenvalue weighted by Crippen LogP contribution is -1.80. The van der Waals surface area contributed by atoms with Crippen molar-refractivity contribution < 1.29 is 0 Å². The van der Waals surface area contributed by atoms with E-state index in [1.807, 2.05) is 12.1 Å². The van der Waals surface area contributed by atoms with Gasteiger partial charge in [0, 0.05) is 4.88 Å². The maximum absolute atomic E-state index is 3.88. The minimum atomic E-state index is 0.618. The third kappa shape index (κ3) is 2.27. The van der Waals surface area contributed by atoms with E-state index in [0.717, 1.165) is 9.36 Å². The molecule has 0 atom stereocenters. The highest BCUT2D eigenvalue weighted by Crippen LogP contribution is 2.26. The molecule has 1 nitrogen and oxygen atoms in total. The summed E-state index contributed by atoms with van der Waals surface area (Å²) >= 11 is 5.05. The fraction of sp³-hybridized carbons (Fsp3) is 0.125. The molecule has 1 aromatic heterocycles. The molecule has 0 radical (unpaired) electrons. The first kappa shape index (κ1) is 8.68. The largest absolute Gasteiger partial charge is 0.296 e. The first-order valence-electron chi connectivity index (χ1n) is 3.10. The molecule has 3 heteroatoms. The summed E-state index contributed by atoms with van der Waals surface area (Å²) in [7, 11) is 0. The van der Waals surface area contributed by atoms with Crippen molar-refractivity contribution in [2.24, 2.45) is 4.99 Å². The van der Waals surface area contributed by atoms with Crippen LogP contribution in [0.3, 0.4) is 0 Å². The fourth-order valence-electron chi connectivity index (χ4n) is 0.717. The van der Waals surface area contributed by atoms with Gasteiger partial charge in [0.15, 0.2) is 0 Å². The summed E-state index contributed by atoms with van der Waals surface area (Å²) in [5.41, 5.74) is 1.02. The quantitative estimate of drug-likeness (QED) is 0.707. The molecule has 0 saturated heterocycles. The number of halogens is 1. The normalized spacial score (nSPS) is 9.55. The number of hydrogen-bond acceptors (Lipinski definition) is 2. The third-order valence-corrected chi connectivity index (χ3v) is 2.95. The van der Waals surface area contributed by atoms with E-state index in [9.17, 15) is 0 Å². The number of nitrogens with zero attached hydrogens (tertiary/aromatic N) is 1. The van der Waals surface area contributed by atoms with Crippen LogP contribution in [0.15, 0.2) is 27.5 Å². The smallest absolute Gasteiger partial charge is 0.0704 e. The van der Waals surface area contributed by atoms with E-state index in [1.54, 1.807) is 11.3 Å². The van der Waals surface area contributed by atoms with E-state index in [1.165, 1.54) is 4.88 Å². The second-order valence-electron chi connectivity index (χ2n) is 2.09. The van der Waals surface area contributed by atoms with Crippen molar-refractivity contribution in [3.63, 3.8) is 0 Å². The maximum Gasteiger partial charge on any atom is 0.0704 e. The van der Waals surface area contributed by atoms with E-state index in [-0.39, 0.29) is 0 Å². The molecule has 0 saturated carbocycles. The summed E-state index contributed by atoms with van der Waals surface area (Å²) in [6.45, 7) is 7.92. The van der Waals surface area contributed by atoms with Crippen molar-refractivity contribution >= 4 is 39.6 Å². The molecular formula is C8H8BrNS. The van der Waals surface area contributed by atoms with Gasteiger partial charge in [-0.3, -0.25) is 4.99 Å². The van der Waals surface area contributed by atoms with Crippen molar-refractivity contribution in [3.8, 4) is 0 Å². The average molecular weight is 230 g/mol. The van der Waals surface area contributed by atoms with Gasteiger partial charge in [-0.15, -0.1) is 11.3 Å². The van der Waals surface area contributed by atoms with Gasteiger partial charge in [0.1, 0.15) is 0 Å². The number of aliphatic imine (C=N–C) groups is 1. The molecule has 0 amide bonds. The Kier molecular flexibility index (Phi) is 3.02. The van der Waals surface area contributed by atoms with Gasteiger partial charge in [0.25, 0.3) is 0 Å². The highest BCUT2D eigenvalue weighted by atomic mass is 79.9. The number of rotatable bonds is 3. The molecule has 0 aliphatic rings. The Labute approximate surface area is 78.6 Å². The molecule has 0 aliphatic carbocycles. The highest BCUT2D eigenvalue weighted by molar-refractivity contribution is 9.11. The molecule has 58 valence electrons.